The maximum atomic E-state index is 3.25. The summed E-state index contributed by atoms with van der Waals surface area (Å²) in [6.07, 6.45) is 1.31. The fraction of sp³-hybridized carbons (Fsp3) is 1.00. The highest BCUT2D eigenvalue weighted by atomic mass is 15.2. The molecular weight excluding hydrogens is 136 g/mol. The van der Waals surface area contributed by atoms with E-state index in [1.54, 1.807) is 0 Å². The van der Waals surface area contributed by atoms with Gasteiger partial charge in [0.1, 0.15) is 0 Å². The van der Waals surface area contributed by atoms with Crippen molar-refractivity contribution in [2.45, 2.75) is 33.7 Å². The minimum Gasteiger partial charge on any atom is -0.316 e. The predicted molar refractivity (Wildman–Crippen MR) is 53.0 cm³/mol. The molecular formula is C9H24N2. The molecule has 1 fully saturated rings. The van der Waals surface area contributed by atoms with Crippen molar-refractivity contribution < 1.29 is 0 Å². The third-order valence-corrected chi connectivity index (χ3v) is 1.80. The van der Waals surface area contributed by atoms with Crippen molar-refractivity contribution in [3.63, 3.8) is 0 Å². The molecule has 1 N–H and O–H groups in total. The summed E-state index contributed by atoms with van der Waals surface area (Å²) in [5.41, 5.74) is 0. The second-order valence-corrected chi connectivity index (χ2v) is 2.54. The molecule has 0 aromatic rings. The molecule has 0 spiro atoms. The molecule has 1 atom stereocenters. The molecule has 11 heavy (non-hydrogen) atoms. The van der Waals surface area contributed by atoms with Crippen LogP contribution < -0.4 is 5.32 Å². The van der Waals surface area contributed by atoms with Crippen LogP contribution in [0.15, 0.2) is 0 Å². The van der Waals surface area contributed by atoms with Crippen molar-refractivity contribution in [1.82, 2.24) is 10.2 Å². The van der Waals surface area contributed by atoms with Crippen LogP contribution in [0.4, 0.5) is 0 Å². The van der Waals surface area contributed by atoms with Crippen LogP contribution in [0.2, 0.25) is 0 Å². The average Bonchev–Trinajstić information content (AvgIpc) is 2.40. The second kappa shape index (κ2) is 8.02. The number of likely N-dealkylation sites (N-methyl/N-ethyl adjacent to an activating group) is 2. The summed E-state index contributed by atoms with van der Waals surface area (Å²) in [6.45, 7) is 6.47. The maximum absolute atomic E-state index is 3.25. The minimum absolute atomic E-state index is 0. The normalized spacial score (nSPS) is 23.5. The summed E-state index contributed by atoms with van der Waals surface area (Å²) in [5, 5.41) is 3.25. The summed E-state index contributed by atoms with van der Waals surface area (Å²) in [7, 11) is 4.20. The van der Waals surface area contributed by atoms with Gasteiger partial charge < -0.3 is 10.2 Å². The van der Waals surface area contributed by atoms with Gasteiger partial charge >= 0.3 is 0 Å². The fourth-order valence-corrected chi connectivity index (χ4v) is 1.17. The van der Waals surface area contributed by atoms with Gasteiger partial charge in [-0.05, 0) is 27.1 Å². The molecule has 1 aliphatic heterocycles. The van der Waals surface area contributed by atoms with Gasteiger partial charge in [-0.15, -0.1) is 0 Å². The molecule has 2 heteroatoms. The Morgan fingerprint density at radius 3 is 2.09 bits per heavy atom. The Balaban J connectivity index is 0. The van der Waals surface area contributed by atoms with Crippen molar-refractivity contribution in [3.05, 3.63) is 0 Å². The maximum Gasteiger partial charge on any atom is 0.0204 e. The Morgan fingerprint density at radius 1 is 1.36 bits per heavy atom. The SMILES string of the molecule is C.CC.CNC1CCN(C)C1. The lowest BCUT2D eigenvalue weighted by atomic mass is 10.3. The Morgan fingerprint density at radius 2 is 1.91 bits per heavy atom. The summed E-state index contributed by atoms with van der Waals surface area (Å²) >= 11 is 0. The third-order valence-electron chi connectivity index (χ3n) is 1.80. The standard InChI is InChI=1S/C6H14N2.C2H6.CH4/c1-7-6-3-4-8(2)5-6;1-2;/h6-7H,3-5H2,1-2H3;1-2H3;1H4. The van der Waals surface area contributed by atoms with Gasteiger partial charge in [-0.1, -0.05) is 21.3 Å². The number of hydrogen-bond donors (Lipinski definition) is 1. The molecule has 0 bridgehead atoms. The van der Waals surface area contributed by atoms with Crippen LogP contribution in [0, 0.1) is 0 Å². The monoisotopic (exact) mass is 160 g/mol. The highest BCUT2D eigenvalue weighted by molar-refractivity contribution is 4.76. The Kier molecular flexibility index (Phi) is 9.85. The molecule has 1 unspecified atom stereocenters. The average molecular weight is 160 g/mol. The van der Waals surface area contributed by atoms with Crippen molar-refractivity contribution in [2.24, 2.45) is 0 Å². The van der Waals surface area contributed by atoms with E-state index >= 15 is 0 Å². The second-order valence-electron chi connectivity index (χ2n) is 2.54. The van der Waals surface area contributed by atoms with Crippen molar-refractivity contribution in [2.75, 3.05) is 27.2 Å². The minimum atomic E-state index is 0. The summed E-state index contributed by atoms with van der Waals surface area (Å²) in [5.74, 6) is 0. The molecule has 0 amide bonds. The Hall–Kier alpha value is -0.0800. The molecule has 2 nitrogen and oxygen atoms in total. The van der Waals surface area contributed by atoms with Crippen LogP contribution in [-0.2, 0) is 0 Å². The van der Waals surface area contributed by atoms with Crippen LogP contribution in [0.1, 0.15) is 27.7 Å². The van der Waals surface area contributed by atoms with Gasteiger partial charge in [-0.3, -0.25) is 0 Å². The molecule has 1 heterocycles. The molecule has 0 aromatic heterocycles. The van der Waals surface area contributed by atoms with Crippen molar-refractivity contribution in [1.29, 1.82) is 0 Å². The predicted octanol–water partition coefficient (Wildman–Crippen LogP) is 1.57. The van der Waals surface area contributed by atoms with Crippen molar-refractivity contribution in [3.8, 4) is 0 Å². The van der Waals surface area contributed by atoms with E-state index in [1.165, 1.54) is 19.5 Å². The zero-order valence-electron chi connectivity index (χ0n) is 7.65. The zero-order valence-corrected chi connectivity index (χ0v) is 7.65. The van der Waals surface area contributed by atoms with E-state index in [2.05, 4.69) is 17.3 Å². The molecule has 0 saturated carbocycles. The molecule has 70 valence electrons. The number of nitrogens with one attached hydrogen (secondary N) is 1. The smallest absolute Gasteiger partial charge is 0.0204 e. The number of rotatable bonds is 1. The lowest BCUT2D eigenvalue weighted by Gasteiger charge is -2.07. The van der Waals surface area contributed by atoms with Gasteiger partial charge in [0.2, 0.25) is 0 Å². The highest BCUT2D eigenvalue weighted by Gasteiger charge is 2.16. The van der Waals surface area contributed by atoms with Gasteiger partial charge in [0.25, 0.3) is 0 Å². The lowest BCUT2D eigenvalue weighted by Crippen LogP contribution is -2.27. The molecule has 1 rings (SSSR count). The van der Waals surface area contributed by atoms with E-state index in [0.29, 0.717) is 0 Å². The highest BCUT2D eigenvalue weighted by Crippen LogP contribution is 2.04. The fourth-order valence-electron chi connectivity index (χ4n) is 1.17. The molecule has 0 aliphatic carbocycles. The van der Waals surface area contributed by atoms with Gasteiger partial charge in [0, 0.05) is 12.6 Å². The lowest BCUT2D eigenvalue weighted by molar-refractivity contribution is 0.403. The van der Waals surface area contributed by atoms with Gasteiger partial charge in [-0.2, -0.15) is 0 Å². The topological polar surface area (TPSA) is 15.3 Å². The summed E-state index contributed by atoms with van der Waals surface area (Å²) < 4.78 is 0. The van der Waals surface area contributed by atoms with E-state index in [0.717, 1.165) is 6.04 Å². The first-order chi connectivity index (χ1) is 4.83. The molecule has 0 radical (unpaired) electrons. The molecule has 1 saturated heterocycles. The Bertz CT molecular complexity index is 74.0. The molecule has 1 aliphatic rings. The van der Waals surface area contributed by atoms with Crippen LogP contribution in [0.3, 0.4) is 0 Å². The first-order valence-electron chi connectivity index (χ1n) is 4.18. The summed E-state index contributed by atoms with van der Waals surface area (Å²) in [4.78, 5) is 2.35. The third kappa shape index (κ3) is 5.22. The Labute approximate surface area is 72.0 Å². The van der Waals surface area contributed by atoms with Gasteiger partial charge in [0.15, 0.2) is 0 Å². The van der Waals surface area contributed by atoms with Gasteiger partial charge in [-0.25, -0.2) is 0 Å². The summed E-state index contributed by atoms with van der Waals surface area (Å²) in [6, 6.07) is 0.750. The first kappa shape index (κ1) is 13.5. The van der Waals surface area contributed by atoms with Crippen LogP contribution >= 0.6 is 0 Å². The number of hydrogen-bond acceptors (Lipinski definition) is 2. The largest absolute Gasteiger partial charge is 0.316 e. The van der Waals surface area contributed by atoms with Gasteiger partial charge in [0.05, 0.1) is 0 Å². The van der Waals surface area contributed by atoms with E-state index in [-0.39, 0.29) is 7.43 Å². The first-order valence-corrected chi connectivity index (χ1v) is 4.18. The van der Waals surface area contributed by atoms with E-state index in [9.17, 15) is 0 Å². The number of nitrogens with zero attached hydrogens (tertiary/aromatic N) is 1. The number of likely N-dealkylation sites (tertiary alicyclic amines) is 1. The van der Waals surface area contributed by atoms with E-state index < -0.39 is 0 Å². The van der Waals surface area contributed by atoms with E-state index in [4.69, 9.17) is 0 Å². The van der Waals surface area contributed by atoms with Crippen LogP contribution in [0.5, 0.6) is 0 Å². The van der Waals surface area contributed by atoms with Crippen LogP contribution in [-0.4, -0.2) is 38.1 Å². The van der Waals surface area contributed by atoms with E-state index in [1.807, 2.05) is 20.9 Å². The quantitative estimate of drug-likeness (QED) is 0.626. The molecule has 0 aromatic carbocycles. The zero-order chi connectivity index (χ0) is 7.98. The van der Waals surface area contributed by atoms with Crippen molar-refractivity contribution >= 4 is 0 Å². The van der Waals surface area contributed by atoms with Crippen LogP contribution in [0.25, 0.3) is 0 Å².